The number of hydrogen-bond acceptors (Lipinski definition) is 6. The minimum Gasteiger partial charge on any atom is -0.345 e. The third-order valence-electron chi connectivity index (χ3n) is 4.84. The van der Waals surface area contributed by atoms with Crippen molar-refractivity contribution in [2.45, 2.75) is 4.90 Å². The summed E-state index contributed by atoms with van der Waals surface area (Å²) >= 11 is 1.36. The molecule has 154 valence electrons. The van der Waals surface area contributed by atoms with Crippen molar-refractivity contribution in [1.82, 2.24) is 9.29 Å². The number of rotatable bonds is 4. The zero-order chi connectivity index (χ0) is 21.3. The van der Waals surface area contributed by atoms with E-state index in [4.69, 9.17) is 0 Å². The molecule has 0 spiro atoms. The van der Waals surface area contributed by atoms with Gasteiger partial charge in [0.15, 0.2) is 16.8 Å². The first kappa shape index (κ1) is 20.4. The Morgan fingerprint density at radius 1 is 1.03 bits per heavy atom. The molecular formula is C20H16F2N4O2S2. The van der Waals surface area contributed by atoms with Crippen molar-refractivity contribution in [2.24, 2.45) is 0 Å². The van der Waals surface area contributed by atoms with Crippen LogP contribution in [0.1, 0.15) is 5.56 Å². The second kappa shape index (κ2) is 8.10. The average molecular weight is 447 g/mol. The summed E-state index contributed by atoms with van der Waals surface area (Å²) in [5.41, 5.74) is 1.13. The molecule has 2 heterocycles. The van der Waals surface area contributed by atoms with Crippen LogP contribution in [-0.2, 0) is 10.0 Å². The highest BCUT2D eigenvalue weighted by Crippen LogP contribution is 2.30. The summed E-state index contributed by atoms with van der Waals surface area (Å²) in [6.07, 6.45) is 0. The number of nitrogens with zero attached hydrogens (tertiary/aromatic N) is 4. The third-order valence-corrected chi connectivity index (χ3v) is 7.70. The van der Waals surface area contributed by atoms with Gasteiger partial charge in [0, 0.05) is 37.1 Å². The van der Waals surface area contributed by atoms with Gasteiger partial charge in [0.05, 0.1) is 16.2 Å². The van der Waals surface area contributed by atoms with Crippen LogP contribution < -0.4 is 4.90 Å². The zero-order valence-electron chi connectivity index (χ0n) is 15.6. The second-order valence-electron chi connectivity index (χ2n) is 6.64. The monoisotopic (exact) mass is 446 g/mol. The van der Waals surface area contributed by atoms with Gasteiger partial charge in [0.1, 0.15) is 6.07 Å². The van der Waals surface area contributed by atoms with E-state index in [-0.39, 0.29) is 23.5 Å². The van der Waals surface area contributed by atoms with Gasteiger partial charge in [-0.1, -0.05) is 12.1 Å². The van der Waals surface area contributed by atoms with Crippen molar-refractivity contribution in [3.63, 3.8) is 0 Å². The van der Waals surface area contributed by atoms with Crippen LogP contribution in [0.25, 0.3) is 11.3 Å². The third kappa shape index (κ3) is 3.79. The van der Waals surface area contributed by atoms with Gasteiger partial charge in [-0.2, -0.15) is 9.57 Å². The fourth-order valence-electron chi connectivity index (χ4n) is 3.24. The van der Waals surface area contributed by atoms with Crippen LogP contribution >= 0.6 is 11.3 Å². The van der Waals surface area contributed by atoms with Crippen LogP contribution in [0.2, 0.25) is 0 Å². The maximum atomic E-state index is 13.5. The summed E-state index contributed by atoms with van der Waals surface area (Å²) in [7, 11) is -3.77. The van der Waals surface area contributed by atoms with E-state index < -0.39 is 21.7 Å². The van der Waals surface area contributed by atoms with Gasteiger partial charge in [-0.05, 0) is 30.3 Å². The van der Waals surface area contributed by atoms with Gasteiger partial charge in [0.25, 0.3) is 0 Å². The molecule has 10 heteroatoms. The Kier molecular flexibility index (Phi) is 5.51. The lowest BCUT2D eigenvalue weighted by Gasteiger charge is -2.33. The van der Waals surface area contributed by atoms with E-state index in [1.54, 1.807) is 17.5 Å². The SMILES string of the molecule is N#Cc1ccccc1S(=O)(=O)N1CCN(c2nc(-c3ccc(F)c(F)c3)cs2)CC1. The first-order valence-electron chi connectivity index (χ1n) is 9.05. The lowest BCUT2D eigenvalue weighted by Crippen LogP contribution is -2.48. The first-order chi connectivity index (χ1) is 14.4. The Morgan fingerprint density at radius 2 is 1.77 bits per heavy atom. The van der Waals surface area contributed by atoms with Gasteiger partial charge in [0.2, 0.25) is 10.0 Å². The molecule has 0 atom stereocenters. The van der Waals surface area contributed by atoms with Crippen LogP contribution in [0.15, 0.2) is 52.7 Å². The van der Waals surface area contributed by atoms with Crippen molar-refractivity contribution in [2.75, 3.05) is 31.1 Å². The quantitative estimate of drug-likeness (QED) is 0.613. The largest absolute Gasteiger partial charge is 0.345 e. The maximum Gasteiger partial charge on any atom is 0.244 e. The molecule has 0 bridgehead atoms. The number of nitriles is 1. The summed E-state index contributed by atoms with van der Waals surface area (Å²) < 4.78 is 53.9. The number of benzene rings is 2. The van der Waals surface area contributed by atoms with Crippen LogP contribution in [-0.4, -0.2) is 43.9 Å². The Labute approximate surface area is 176 Å². The molecule has 6 nitrogen and oxygen atoms in total. The molecule has 2 aromatic carbocycles. The minimum absolute atomic E-state index is 0.0100. The van der Waals surface area contributed by atoms with E-state index in [0.717, 1.165) is 12.1 Å². The van der Waals surface area contributed by atoms with Crippen LogP contribution in [0.4, 0.5) is 13.9 Å². The maximum absolute atomic E-state index is 13.5. The molecule has 0 N–H and O–H groups in total. The van der Waals surface area contributed by atoms with Gasteiger partial charge in [-0.25, -0.2) is 22.2 Å². The molecule has 0 unspecified atom stereocenters. The zero-order valence-corrected chi connectivity index (χ0v) is 17.3. The van der Waals surface area contributed by atoms with E-state index in [0.29, 0.717) is 29.5 Å². The summed E-state index contributed by atoms with van der Waals surface area (Å²) in [5.74, 6) is -1.84. The summed E-state index contributed by atoms with van der Waals surface area (Å²) in [5, 5.41) is 11.6. The smallest absolute Gasteiger partial charge is 0.244 e. The molecule has 1 aliphatic heterocycles. The lowest BCUT2D eigenvalue weighted by molar-refractivity contribution is 0.384. The van der Waals surface area contributed by atoms with Crippen LogP contribution in [0.3, 0.4) is 0 Å². The highest BCUT2D eigenvalue weighted by atomic mass is 32.2. The predicted molar refractivity (Wildman–Crippen MR) is 110 cm³/mol. The second-order valence-corrected chi connectivity index (χ2v) is 9.39. The molecule has 0 aliphatic carbocycles. The molecule has 30 heavy (non-hydrogen) atoms. The molecule has 1 fully saturated rings. The van der Waals surface area contributed by atoms with Crippen molar-refractivity contribution in [3.8, 4) is 17.3 Å². The molecule has 3 aromatic rings. The van der Waals surface area contributed by atoms with Crippen molar-refractivity contribution in [1.29, 1.82) is 5.26 Å². The van der Waals surface area contributed by atoms with Gasteiger partial charge < -0.3 is 4.90 Å². The predicted octanol–water partition coefficient (Wildman–Crippen LogP) is 3.47. The highest BCUT2D eigenvalue weighted by Gasteiger charge is 2.31. The van der Waals surface area contributed by atoms with E-state index >= 15 is 0 Å². The number of piperazine rings is 1. The van der Waals surface area contributed by atoms with Crippen LogP contribution in [0.5, 0.6) is 0 Å². The van der Waals surface area contributed by atoms with Gasteiger partial charge in [-0.15, -0.1) is 11.3 Å². The molecule has 1 aromatic heterocycles. The number of halogens is 2. The molecule has 1 aliphatic rings. The van der Waals surface area contributed by atoms with E-state index in [1.165, 1.54) is 33.8 Å². The van der Waals surface area contributed by atoms with Crippen molar-refractivity contribution in [3.05, 3.63) is 65.0 Å². The lowest BCUT2D eigenvalue weighted by atomic mass is 10.2. The average Bonchev–Trinajstić information content (AvgIpc) is 3.26. The molecule has 1 saturated heterocycles. The van der Waals surface area contributed by atoms with E-state index in [1.807, 2.05) is 11.0 Å². The van der Waals surface area contributed by atoms with Crippen LogP contribution in [0, 0.1) is 23.0 Å². The highest BCUT2D eigenvalue weighted by molar-refractivity contribution is 7.89. The minimum atomic E-state index is -3.77. The Hall–Kier alpha value is -2.87. The number of hydrogen-bond donors (Lipinski definition) is 0. The fraction of sp³-hybridized carbons (Fsp3) is 0.200. The topological polar surface area (TPSA) is 77.3 Å². The first-order valence-corrected chi connectivity index (χ1v) is 11.4. The van der Waals surface area contributed by atoms with E-state index in [9.17, 15) is 22.5 Å². The molecule has 0 saturated carbocycles. The molecule has 0 radical (unpaired) electrons. The van der Waals surface area contributed by atoms with Gasteiger partial charge >= 0.3 is 0 Å². The standard InChI is InChI=1S/C20H16F2N4O2S2/c21-16-6-5-14(11-17(16)22)18-13-29-20(24-18)25-7-9-26(10-8-25)30(27,28)19-4-2-1-3-15(19)12-23/h1-6,11,13H,7-10H2. The van der Waals surface area contributed by atoms with Crippen molar-refractivity contribution >= 4 is 26.5 Å². The summed E-state index contributed by atoms with van der Waals surface area (Å²) in [6.45, 7) is 1.36. The number of anilines is 1. The normalized spacial score (nSPS) is 15.2. The molecule has 0 amide bonds. The summed E-state index contributed by atoms with van der Waals surface area (Å²) in [4.78, 5) is 6.46. The number of thiazole rings is 1. The number of sulfonamides is 1. The molecule has 4 rings (SSSR count). The Bertz CT molecular complexity index is 1230. The fourth-order valence-corrected chi connectivity index (χ4v) is 5.69. The molecular weight excluding hydrogens is 430 g/mol. The van der Waals surface area contributed by atoms with Crippen molar-refractivity contribution < 1.29 is 17.2 Å². The Balaban J connectivity index is 1.48. The van der Waals surface area contributed by atoms with Gasteiger partial charge in [-0.3, -0.25) is 0 Å². The van der Waals surface area contributed by atoms with E-state index in [2.05, 4.69) is 4.98 Å². The Morgan fingerprint density at radius 3 is 2.47 bits per heavy atom. The number of aromatic nitrogens is 1. The summed E-state index contributed by atoms with van der Waals surface area (Å²) in [6, 6.07) is 11.7.